The van der Waals surface area contributed by atoms with Crippen LogP contribution in [0.4, 0.5) is 5.95 Å². The number of hydrogen-bond acceptors (Lipinski definition) is 6. The number of ether oxygens (including phenoxy) is 2. The summed E-state index contributed by atoms with van der Waals surface area (Å²) >= 11 is 1.44. The quantitative estimate of drug-likeness (QED) is 0.516. The third-order valence-electron chi connectivity index (χ3n) is 4.74. The van der Waals surface area contributed by atoms with Gasteiger partial charge in [0.15, 0.2) is 0 Å². The summed E-state index contributed by atoms with van der Waals surface area (Å²) in [6, 6.07) is 17.5. The Morgan fingerprint density at radius 2 is 1.90 bits per heavy atom. The van der Waals surface area contributed by atoms with Crippen LogP contribution in [0.5, 0.6) is 11.5 Å². The van der Waals surface area contributed by atoms with Crippen molar-refractivity contribution in [2.45, 2.75) is 6.54 Å². The number of rotatable bonds is 6. The van der Waals surface area contributed by atoms with Crippen LogP contribution in [0.1, 0.15) is 5.56 Å². The first-order valence-electron chi connectivity index (χ1n) is 9.11. The second kappa shape index (κ2) is 7.97. The van der Waals surface area contributed by atoms with Crippen molar-refractivity contribution < 1.29 is 9.47 Å². The summed E-state index contributed by atoms with van der Waals surface area (Å²) in [5, 5.41) is 3.26. The van der Waals surface area contributed by atoms with Gasteiger partial charge in [-0.05, 0) is 29.8 Å². The fourth-order valence-corrected chi connectivity index (χ4v) is 4.22. The van der Waals surface area contributed by atoms with Gasteiger partial charge in [-0.25, -0.2) is 4.98 Å². The summed E-state index contributed by atoms with van der Waals surface area (Å²) in [6.45, 7) is 0.503. The van der Waals surface area contributed by atoms with Crippen LogP contribution in [-0.2, 0) is 13.6 Å². The first kappa shape index (κ1) is 19.0. The van der Waals surface area contributed by atoms with Crippen molar-refractivity contribution in [1.29, 1.82) is 0 Å². The highest BCUT2D eigenvalue weighted by Crippen LogP contribution is 2.33. The number of nitrogens with zero attached hydrogens (tertiary/aromatic N) is 2. The van der Waals surface area contributed by atoms with Crippen LogP contribution in [0.2, 0.25) is 0 Å². The normalized spacial score (nSPS) is 10.9. The van der Waals surface area contributed by atoms with Crippen LogP contribution in [-0.4, -0.2) is 23.8 Å². The average Bonchev–Trinajstić information content (AvgIpc) is 3.20. The summed E-state index contributed by atoms with van der Waals surface area (Å²) in [5.74, 6) is 2.09. The topological polar surface area (TPSA) is 65.4 Å². The van der Waals surface area contributed by atoms with E-state index < -0.39 is 0 Å². The number of thiophene rings is 1. The molecule has 0 radical (unpaired) electrons. The molecule has 0 aliphatic carbocycles. The first-order valence-corrected chi connectivity index (χ1v) is 9.93. The molecule has 0 spiro atoms. The molecule has 0 aliphatic heterocycles. The largest absolute Gasteiger partial charge is 0.497 e. The maximum Gasteiger partial charge on any atom is 0.272 e. The average molecular weight is 407 g/mol. The number of methoxy groups -OCH3 is 2. The molecule has 0 atom stereocenters. The van der Waals surface area contributed by atoms with Crippen molar-refractivity contribution >= 4 is 27.5 Å². The molecule has 2 aromatic carbocycles. The lowest BCUT2D eigenvalue weighted by molar-refractivity contribution is 0.410. The minimum absolute atomic E-state index is 0.0725. The number of anilines is 1. The highest BCUT2D eigenvalue weighted by Gasteiger charge is 2.14. The van der Waals surface area contributed by atoms with Crippen LogP contribution < -0.4 is 20.3 Å². The van der Waals surface area contributed by atoms with Gasteiger partial charge in [0, 0.05) is 24.0 Å². The Kier molecular flexibility index (Phi) is 5.22. The molecule has 4 rings (SSSR count). The zero-order valence-corrected chi connectivity index (χ0v) is 17.2. The molecule has 148 valence electrons. The monoisotopic (exact) mass is 407 g/mol. The standard InChI is InChI=1S/C22H21N3O3S/c1-25-21(26)20-17(12-19(29-20)14-8-6-9-16(11-14)27-2)24-22(25)23-13-15-7-4-5-10-18(15)28-3/h4-12H,13H2,1-3H3,(H,23,24). The number of fused-ring (bicyclic) bond motifs is 1. The molecule has 7 heteroatoms. The fraction of sp³-hybridized carbons (Fsp3) is 0.182. The minimum Gasteiger partial charge on any atom is -0.497 e. The Morgan fingerprint density at radius 3 is 2.69 bits per heavy atom. The van der Waals surface area contributed by atoms with Gasteiger partial charge in [-0.2, -0.15) is 0 Å². The van der Waals surface area contributed by atoms with Gasteiger partial charge in [0.25, 0.3) is 5.56 Å². The van der Waals surface area contributed by atoms with E-state index in [0.717, 1.165) is 27.5 Å². The van der Waals surface area contributed by atoms with Gasteiger partial charge >= 0.3 is 0 Å². The predicted octanol–water partition coefficient (Wildman–Crippen LogP) is 4.29. The van der Waals surface area contributed by atoms with Crippen LogP contribution in [0.15, 0.2) is 59.4 Å². The SMILES string of the molecule is COc1cccc(-c2cc3nc(NCc4ccccc4OC)n(C)c(=O)c3s2)c1. The molecule has 1 N–H and O–H groups in total. The highest BCUT2D eigenvalue weighted by atomic mass is 32.1. The maximum absolute atomic E-state index is 12.9. The third-order valence-corrected chi connectivity index (χ3v) is 5.90. The Bertz CT molecular complexity index is 1230. The molecule has 6 nitrogen and oxygen atoms in total. The summed E-state index contributed by atoms with van der Waals surface area (Å²) in [4.78, 5) is 18.6. The molecule has 0 amide bonds. The molecule has 0 saturated carbocycles. The van der Waals surface area contributed by atoms with Crippen molar-refractivity contribution in [3.8, 4) is 21.9 Å². The van der Waals surface area contributed by atoms with Crippen LogP contribution >= 0.6 is 11.3 Å². The summed E-state index contributed by atoms with van der Waals surface area (Å²) in [7, 11) is 5.01. The number of para-hydroxylation sites is 1. The first-order chi connectivity index (χ1) is 14.1. The molecule has 4 aromatic rings. The Labute approximate surface area is 172 Å². The van der Waals surface area contributed by atoms with E-state index in [-0.39, 0.29) is 5.56 Å². The van der Waals surface area contributed by atoms with Gasteiger partial charge < -0.3 is 14.8 Å². The van der Waals surface area contributed by atoms with E-state index >= 15 is 0 Å². The molecule has 0 bridgehead atoms. The van der Waals surface area contributed by atoms with Crippen molar-refractivity contribution in [1.82, 2.24) is 9.55 Å². The van der Waals surface area contributed by atoms with Gasteiger partial charge in [-0.3, -0.25) is 9.36 Å². The molecule has 0 saturated heterocycles. The van der Waals surface area contributed by atoms with E-state index in [9.17, 15) is 4.79 Å². The van der Waals surface area contributed by atoms with Gasteiger partial charge in [0.2, 0.25) is 5.95 Å². The number of aromatic nitrogens is 2. The number of hydrogen-bond donors (Lipinski definition) is 1. The summed E-state index contributed by atoms with van der Waals surface area (Å²) in [6.07, 6.45) is 0. The zero-order valence-electron chi connectivity index (χ0n) is 16.4. The summed E-state index contributed by atoms with van der Waals surface area (Å²) < 4.78 is 12.9. The second-order valence-electron chi connectivity index (χ2n) is 6.52. The van der Waals surface area contributed by atoms with Crippen LogP contribution in [0.25, 0.3) is 20.7 Å². The van der Waals surface area contributed by atoms with Gasteiger partial charge in [0.1, 0.15) is 16.2 Å². The second-order valence-corrected chi connectivity index (χ2v) is 7.57. The van der Waals surface area contributed by atoms with Crippen molar-refractivity contribution in [2.24, 2.45) is 7.05 Å². The predicted molar refractivity (Wildman–Crippen MR) is 117 cm³/mol. The van der Waals surface area contributed by atoms with Gasteiger partial charge in [-0.15, -0.1) is 11.3 Å². The van der Waals surface area contributed by atoms with E-state index in [1.165, 1.54) is 11.3 Å². The van der Waals surface area contributed by atoms with E-state index in [4.69, 9.17) is 9.47 Å². The molecule has 0 fully saturated rings. The Morgan fingerprint density at radius 1 is 1.07 bits per heavy atom. The van der Waals surface area contributed by atoms with Crippen LogP contribution in [0, 0.1) is 0 Å². The van der Waals surface area contributed by atoms with Crippen LogP contribution in [0.3, 0.4) is 0 Å². The third kappa shape index (κ3) is 3.69. The lowest BCUT2D eigenvalue weighted by Crippen LogP contribution is -2.21. The zero-order chi connectivity index (χ0) is 20.4. The molecule has 0 unspecified atom stereocenters. The molecule has 0 aliphatic rings. The lowest BCUT2D eigenvalue weighted by Gasteiger charge is -2.12. The van der Waals surface area contributed by atoms with Crippen molar-refractivity contribution in [3.05, 3.63) is 70.5 Å². The highest BCUT2D eigenvalue weighted by molar-refractivity contribution is 7.22. The Hall–Kier alpha value is -3.32. The maximum atomic E-state index is 12.9. The number of nitrogens with one attached hydrogen (secondary N) is 1. The van der Waals surface area contributed by atoms with E-state index in [0.29, 0.717) is 22.7 Å². The van der Waals surface area contributed by atoms with E-state index in [1.54, 1.807) is 25.8 Å². The van der Waals surface area contributed by atoms with E-state index in [2.05, 4.69) is 10.3 Å². The minimum atomic E-state index is -0.0725. The lowest BCUT2D eigenvalue weighted by atomic mass is 10.2. The van der Waals surface area contributed by atoms with E-state index in [1.807, 2.05) is 54.6 Å². The smallest absolute Gasteiger partial charge is 0.272 e. The molecular weight excluding hydrogens is 386 g/mol. The summed E-state index contributed by atoms with van der Waals surface area (Å²) in [5.41, 5.74) is 2.60. The molecular formula is C22H21N3O3S. The van der Waals surface area contributed by atoms with Gasteiger partial charge in [-0.1, -0.05) is 30.3 Å². The fourth-order valence-electron chi connectivity index (χ4n) is 3.16. The molecule has 29 heavy (non-hydrogen) atoms. The molecule has 2 aromatic heterocycles. The Balaban J connectivity index is 1.69. The number of benzene rings is 2. The molecule has 2 heterocycles. The van der Waals surface area contributed by atoms with Gasteiger partial charge in [0.05, 0.1) is 19.7 Å². The van der Waals surface area contributed by atoms with Crippen molar-refractivity contribution in [3.63, 3.8) is 0 Å². The van der Waals surface area contributed by atoms with Crippen molar-refractivity contribution in [2.75, 3.05) is 19.5 Å².